The number of ketones is 3. The molecule has 0 aliphatic heterocycles. The first kappa shape index (κ1) is 56.8. The normalized spacial score (nSPS) is 27.5. The van der Waals surface area contributed by atoms with Crippen molar-refractivity contribution in [3.05, 3.63) is 0 Å². The molecule has 0 heterocycles. The van der Waals surface area contributed by atoms with Gasteiger partial charge in [0.25, 0.3) is 0 Å². The minimum Gasteiger partial charge on any atom is -0.481 e. The second-order valence-electron chi connectivity index (χ2n) is 21.9. The first-order valence-corrected chi connectivity index (χ1v) is 22.5. The Morgan fingerprint density at radius 1 is 0.677 bits per heavy atom. The highest BCUT2D eigenvalue weighted by Gasteiger charge is 2.67. The second kappa shape index (κ2) is 21.6. The molecule has 0 aromatic carbocycles. The Labute approximate surface area is 372 Å². The third-order valence-electron chi connectivity index (χ3n) is 14.7. The summed E-state index contributed by atoms with van der Waals surface area (Å²) in [7, 11) is 7.65. The highest BCUT2D eigenvalue weighted by Crippen LogP contribution is 2.64. The molecule has 9 unspecified atom stereocenters. The van der Waals surface area contributed by atoms with Gasteiger partial charge < -0.3 is 34.6 Å². The molecule has 0 aromatic heterocycles. The third-order valence-corrected chi connectivity index (χ3v) is 14.7. The molecule has 0 amide bonds. The highest BCUT2D eigenvalue weighted by atomic mass is 16.6. The number of aliphatic carboxylic acids is 2. The molecule has 4 saturated carbocycles. The maximum absolute atomic E-state index is 12.0. The monoisotopic (exact) mass is 881 g/mol. The van der Waals surface area contributed by atoms with E-state index in [-0.39, 0.29) is 62.8 Å². The summed E-state index contributed by atoms with van der Waals surface area (Å²) in [5.41, 5.74) is -1.74. The molecule has 62 heavy (non-hydrogen) atoms. The molecule has 4 fully saturated rings. The number of aliphatic hydroxyl groups is 1. The Morgan fingerprint density at radius 2 is 1.05 bits per heavy atom. The van der Waals surface area contributed by atoms with Crippen molar-refractivity contribution >= 4 is 41.2 Å². The maximum Gasteiger partial charge on any atom is 0.309 e. The van der Waals surface area contributed by atoms with Gasteiger partial charge in [0.2, 0.25) is 11.6 Å². The van der Waals surface area contributed by atoms with Gasteiger partial charge >= 0.3 is 23.9 Å². The Kier molecular flexibility index (Phi) is 19.8. The van der Waals surface area contributed by atoms with E-state index >= 15 is 0 Å². The van der Waals surface area contributed by atoms with Crippen LogP contribution in [0.25, 0.3) is 0 Å². The van der Waals surface area contributed by atoms with Crippen LogP contribution in [-0.2, 0) is 43.0 Å². The maximum atomic E-state index is 12.0. The number of fused-ring (bicyclic) bond motifs is 4. The summed E-state index contributed by atoms with van der Waals surface area (Å²) >= 11 is 0. The van der Waals surface area contributed by atoms with E-state index in [9.17, 15) is 38.7 Å². The van der Waals surface area contributed by atoms with Crippen molar-refractivity contribution in [2.24, 2.45) is 57.2 Å². The molecule has 4 aliphatic carbocycles. The van der Waals surface area contributed by atoms with E-state index in [2.05, 4.69) is 13.8 Å². The minimum atomic E-state index is -0.852. The van der Waals surface area contributed by atoms with E-state index in [4.69, 9.17) is 19.7 Å². The average molecular weight is 881 g/mol. The van der Waals surface area contributed by atoms with Crippen molar-refractivity contribution in [3.8, 4) is 0 Å². The predicted molar refractivity (Wildman–Crippen MR) is 238 cm³/mol. The summed E-state index contributed by atoms with van der Waals surface area (Å²) < 4.78 is 10.9. The van der Waals surface area contributed by atoms with Crippen molar-refractivity contribution in [3.63, 3.8) is 0 Å². The largest absolute Gasteiger partial charge is 0.481 e. The van der Waals surface area contributed by atoms with Crippen molar-refractivity contribution in [2.45, 2.75) is 166 Å². The van der Waals surface area contributed by atoms with Crippen molar-refractivity contribution in [1.82, 2.24) is 9.80 Å². The van der Waals surface area contributed by atoms with Crippen molar-refractivity contribution < 1.29 is 58.4 Å². The summed E-state index contributed by atoms with van der Waals surface area (Å²) in [4.78, 5) is 84.3. The number of likely N-dealkylation sites (N-methyl/N-ethyl adjacent to an activating group) is 2. The average Bonchev–Trinajstić information content (AvgIpc) is 3.60. The molecule has 4 rings (SSSR count). The third kappa shape index (κ3) is 13.4. The van der Waals surface area contributed by atoms with E-state index in [1.54, 1.807) is 13.8 Å². The molecule has 0 spiro atoms. The number of esters is 2. The molecular weight excluding hydrogens is 797 g/mol. The molecule has 3 N–H and O–H groups in total. The topological polar surface area (TPSA) is 205 Å². The quantitative estimate of drug-likeness (QED) is 0.106. The number of carbonyl (C=O) groups is 7. The number of carbonyl (C=O) groups excluding carboxylic acids is 5. The van der Waals surface area contributed by atoms with E-state index in [0.717, 1.165) is 25.7 Å². The Balaban J connectivity index is 0.000000421. The van der Waals surface area contributed by atoms with Gasteiger partial charge in [0.15, 0.2) is 5.78 Å². The predicted octanol–water partition coefficient (Wildman–Crippen LogP) is 6.97. The van der Waals surface area contributed by atoms with Gasteiger partial charge in [-0.3, -0.25) is 33.6 Å². The number of rotatable bonds is 16. The number of Topliss-reactive ketones (excluding diaryl/α,β-unsaturated/α-hetero) is 3. The number of nitrogens with zero attached hydrogens (tertiary/aromatic N) is 2. The SMILES string of the molecule is CC1(C)C2CCC1(C)C(O)C2=O.CC12CCC(C(=O)C1=O)C2(C)C.CCC(CC(C)C(=O)OC(C)(C)CN(C)C)C(=O)O.CCC(CC(C)C(=O)OC(C)(C)CN(C)C)C(=O)O. The van der Waals surface area contributed by atoms with Crippen molar-refractivity contribution in [1.29, 1.82) is 0 Å². The first-order valence-electron chi connectivity index (χ1n) is 22.5. The smallest absolute Gasteiger partial charge is 0.309 e. The Bertz CT molecular complexity index is 1550. The molecular formula is C48H84N2O12. The zero-order chi connectivity index (χ0) is 48.7. The molecule has 4 aliphatic rings. The van der Waals surface area contributed by atoms with Crippen LogP contribution >= 0.6 is 0 Å². The lowest BCUT2D eigenvalue weighted by Gasteiger charge is -2.35. The summed E-state index contributed by atoms with van der Waals surface area (Å²) in [6.07, 6.45) is 4.76. The standard InChI is InChI=1S/2C14H27NO4.C10H16O2.C10H14O2/c2*1-7-11(12(16)17)8-10(2)13(18)19-14(3,4)9-15(5)6;2*1-9(2)6-4-5-10(9,3)8(12)7(6)11/h2*10-11H,7-9H2,1-6H3,(H,16,17);6,8,12H,4-5H2,1-3H3;6H,4-5H2,1-3H3. The van der Waals surface area contributed by atoms with E-state index in [1.165, 1.54) is 0 Å². The van der Waals surface area contributed by atoms with Crippen LogP contribution < -0.4 is 0 Å². The first-order chi connectivity index (χ1) is 28.0. The molecule has 9 atom stereocenters. The summed E-state index contributed by atoms with van der Waals surface area (Å²) in [5.74, 6) is -4.18. The molecule has 358 valence electrons. The van der Waals surface area contributed by atoms with Gasteiger partial charge in [-0.15, -0.1) is 0 Å². The molecule has 14 heteroatoms. The van der Waals surface area contributed by atoms with Crippen LogP contribution in [0, 0.1) is 57.2 Å². The summed E-state index contributed by atoms with van der Waals surface area (Å²) in [6.45, 7) is 28.0. The van der Waals surface area contributed by atoms with Crippen LogP contribution in [0.5, 0.6) is 0 Å². The lowest BCUT2D eigenvalue weighted by Crippen LogP contribution is -2.40. The van der Waals surface area contributed by atoms with Gasteiger partial charge in [-0.2, -0.15) is 0 Å². The van der Waals surface area contributed by atoms with Crippen molar-refractivity contribution in [2.75, 3.05) is 41.3 Å². The van der Waals surface area contributed by atoms with Gasteiger partial charge in [0, 0.05) is 35.8 Å². The van der Waals surface area contributed by atoms with Crippen LogP contribution in [0.1, 0.15) is 148 Å². The minimum absolute atomic E-state index is 0.00347. The van der Waals surface area contributed by atoms with Crippen LogP contribution in [-0.4, -0.2) is 125 Å². The number of aliphatic hydroxyl groups excluding tert-OH is 1. The Hall–Kier alpha value is -3.23. The molecule has 0 radical (unpaired) electrons. The number of hydrogen-bond acceptors (Lipinski definition) is 12. The van der Waals surface area contributed by atoms with Gasteiger partial charge in [-0.1, -0.05) is 69.2 Å². The molecule has 0 saturated heterocycles. The highest BCUT2D eigenvalue weighted by molar-refractivity contribution is 6.43. The van der Waals surface area contributed by atoms with Gasteiger partial charge in [-0.25, -0.2) is 0 Å². The van der Waals surface area contributed by atoms with E-state index < -0.39 is 52.9 Å². The zero-order valence-corrected chi connectivity index (χ0v) is 41.5. The number of carboxylic acids is 2. The molecule has 0 aromatic rings. The van der Waals surface area contributed by atoms with E-state index in [0.29, 0.717) is 38.8 Å². The van der Waals surface area contributed by atoms with Gasteiger partial charge in [0.05, 0.1) is 23.7 Å². The second-order valence-corrected chi connectivity index (χ2v) is 21.9. The molecule has 4 bridgehead atoms. The van der Waals surface area contributed by atoms with Gasteiger partial charge in [-0.05, 0) is 118 Å². The Morgan fingerprint density at radius 3 is 1.26 bits per heavy atom. The fraction of sp³-hybridized carbons (Fsp3) is 0.854. The summed E-state index contributed by atoms with van der Waals surface area (Å²) in [6, 6.07) is 0. The van der Waals surface area contributed by atoms with Crippen LogP contribution in [0.3, 0.4) is 0 Å². The van der Waals surface area contributed by atoms with E-state index in [1.807, 2.05) is 107 Å². The summed E-state index contributed by atoms with van der Waals surface area (Å²) in [5, 5.41) is 27.7. The number of carboxylic acid groups (broad SMARTS) is 2. The fourth-order valence-electron chi connectivity index (χ4n) is 10.1. The van der Waals surface area contributed by atoms with Crippen LogP contribution in [0.2, 0.25) is 0 Å². The zero-order valence-electron chi connectivity index (χ0n) is 41.5. The van der Waals surface area contributed by atoms with Crippen LogP contribution in [0.15, 0.2) is 0 Å². The van der Waals surface area contributed by atoms with Gasteiger partial charge in [0.1, 0.15) is 17.3 Å². The van der Waals surface area contributed by atoms with Crippen LogP contribution in [0.4, 0.5) is 0 Å². The number of ether oxygens (including phenoxy) is 2. The lowest BCUT2D eigenvalue weighted by molar-refractivity contribution is -0.164. The fourth-order valence-corrected chi connectivity index (χ4v) is 10.1. The molecule has 14 nitrogen and oxygen atoms in total. The number of hydrogen-bond donors (Lipinski definition) is 3. The lowest BCUT2D eigenvalue weighted by atomic mass is 9.70.